The van der Waals surface area contributed by atoms with Crippen LogP contribution in [0, 0.1) is 47.3 Å². The van der Waals surface area contributed by atoms with Crippen LogP contribution in [0.5, 0.6) is 0 Å². The summed E-state index contributed by atoms with van der Waals surface area (Å²) in [6.45, 7) is 29.6. The molecule has 0 bridgehead atoms. The molecule has 26 nitrogen and oxygen atoms in total. The largest absolute Gasteiger partial charge is 0.450 e. The average molecular weight is 1340 g/mol. The van der Waals surface area contributed by atoms with E-state index >= 15 is 14.4 Å². The van der Waals surface area contributed by atoms with Gasteiger partial charge in [-0.2, -0.15) is 0 Å². The first-order valence-electron chi connectivity index (χ1n) is 33.9. The highest BCUT2D eigenvalue weighted by molar-refractivity contribution is 5.99. The lowest BCUT2D eigenvalue weighted by molar-refractivity contribution is -0.166. The van der Waals surface area contributed by atoms with Gasteiger partial charge in [0.15, 0.2) is 6.10 Å². The number of nitrogens with one attached hydrogen (secondary N) is 4. The Morgan fingerprint density at radius 2 is 0.968 bits per heavy atom. The minimum absolute atomic E-state index is 0.0703. The van der Waals surface area contributed by atoms with Gasteiger partial charge in [0.1, 0.15) is 54.4 Å². The van der Waals surface area contributed by atoms with Gasteiger partial charge in [0.25, 0.3) is 5.91 Å². The fourth-order valence-electron chi connectivity index (χ4n) is 11.8. The molecule has 13 atom stereocenters. The number of carbonyl (C=O) groups is 11. The van der Waals surface area contributed by atoms with Crippen LogP contribution in [-0.4, -0.2) is 250 Å². The molecule has 0 spiro atoms. The number of esters is 1. The molecule has 1 fully saturated rings. The van der Waals surface area contributed by atoms with E-state index in [0.717, 1.165) is 20.4 Å². The van der Waals surface area contributed by atoms with Gasteiger partial charge >= 0.3 is 5.97 Å². The van der Waals surface area contributed by atoms with Gasteiger partial charge in [0.05, 0.1) is 24.4 Å². The van der Waals surface area contributed by atoms with Crippen molar-refractivity contribution in [3.63, 3.8) is 0 Å². The number of hydrogen-bond donors (Lipinski definition) is 6. The third-order valence-electron chi connectivity index (χ3n) is 17.4. The number of amides is 10. The minimum atomic E-state index is -1.78. The molecule has 1 saturated heterocycles. The van der Waals surface area contributed by atoms with Crippen LogP contribution < -0.4 is 21.3 Å². The van der Waals surface area contributed by atoms with Crippen molar-refractivity contribution in [2.24, 2.45) is 47.3 Å². The van der Waals surface area contributed by atoms with E-state index in [0.29, 0.717) is 13.1 Å². The van der Waals surface area contributed by atoms with Crippen LogP contribution in [0.15, 0.2) is 24.4 Å². The molecule has 0 unspecified atom stereocenters. The fourth-order valence-corrected chi connectivity index (χ4v) is 11.8. The third-order valence-corrected chi connectivity index (χ3v) is 17.4. The first kappa shape index (κ1) is 84.3. The molecule has 1 aliphatic heterocycles. The summed E-state index contributed by atoms with van der Waals surface area (Å²) in [5, 5.41) is 34.8. The summed E-state index contributed by atoms with van der Waals surface area (Å²) in [6, 6.07) is -6.86. The average Bonchev–Trinajstić information content (AvgIpc) is 0.820. The summed E-state index contributed by atoms with van der Waals surface area (Å²) in [5.41, 5.74) is 0.793. The summed E-state index contributed by atoms with van der Waals surface area (Å²) in [7, 11) is 10.0. The standard InChI is InChI=1S/C69H120N12O14/c1-38(2)31-49-64(89)78(21)52(34-41(7)8)60(85)71-46(16)69(94)95-59(44(13)14)68(93)79(22)53(35-42(9)10)62(87)73-50(32-39(3)4)65(90)80(23)56(43(11)12)67(92)81(24)57(58(84)45(15)28-30-75(18)36-48-27-25-26-29-70-48)63(88)74-55(47(17)82)66(91)76(19)37-54(83)77(20)51(33-40(5)6)61(86)72-49/h25-27,29,38-47,49-53,55-59,82,84H,28,30-37H2,1-24H3,(H,71,85)(H,72,86)(H,73,87)(H,74,88)/t45-,46+,47-,49+,50-,51+,52+,53+,55+,56+,57+,58-,59-/m1/s1. The molecular formula is C69H120N12O14. The number of carbonyl (C=O) groups excluding carboxylic acids is 11. The van der Waals surface area contributed by atoms with Gasteiger partial charge in [-0.25, -0.2) is 4.79 Å². The first-order chi connectivity index (χ1) is 44.0. The predicted molar refractivity (Wildman–Crippen MR) is 363 cm³/mol. The summed E-state index contributed by atoms with van der Waals surface area (Å²) >= 11 is 0. The molecule has 26 heteroatoms. The first-order valence-corrected chi connectivity index (χ1v) is 33.9. The number of rotatable bonds is 20. The van der Waals surface area contributed by atoms with Crippen LogP contribution in [0.3, 0.4) is 0 Å². The Balaban J connectivity index is 3.03. The maximum Gasteiger partial charge on any atom is 0.329 e. The predicted octanol–water partition coefficient (Wildman–Crippen LogP) is 3.30. The highest BCUT2D eigenvalue weighted by Gasteiger charge is 2.46. The molecule has 95 heavy (non-hydrogen) atoms. The summed E-state index contributed by atoms with van der Waals surface area (Å²) < 4.78 is 5.92. The van der Waals surface area contributed by atoms with Gasteiger partial charge in [-0.3, -0.25) is 52.9 Å². The Kier molecular flexibility index (Phi) is 34.4. The van der Waals surface area contributed by atoms with Crippen molar-refractivity contribution in [2.75, 3.05) is 62.4 Å². The van der Waals surface area contributed by atoms with Crippen LogP contribution in [0.1, 0.15) is 162 Å². The van der Waals surface area contributed by atoms with E-state index in [1.807, 2.05) is 93.3 Å². The van der Waals surface area contributed by atoms with Crippen molar-refractivity contribution in [1.29, 1.82) is 0 Å². The van der Waals surface area contributed by atoms with Crippen molar-refractivity contribution in [3.8, 4) is 0 Å². The monoisotopic (exact) mass is 1340 g/mol. The number of likely N-dealkylation sites (N-methyl/N-ethyl adjacent to an activating group) is 6. The van der Waals surface area contributed by atoms with Gasteiger partial charge in [0, 0.05) is 55.0 Å². The Hall–Kier alpha value is -6.80. The van der Waals surface area contributed by atoms with E-state index in [4.69, 9.17) is 4.74 Å². The molecule has 0 radical (unpaired) electrons. The van der Waals surface area contributed by atoms with E-state index in [2.05, 4.69) is 26.3 Å². The molecular weight excluding hydrogens is 1220 g/mol. The molecule has 540 valence electrons. The van der Waals surface area contributed by atoms with Gasteiger partial charge in [-0.15, -0.1) is 0 Å². The number of pyridine rings is 1. The highest BCUT2D eigenvalue weighted by atomic mass is 16.6. The van der Waals surface area contributed by atoms with E-state index in [-0.39, 0.29) is 68.1 Å². The Morgan fingerprint density at radius 1 is 0.526 bits per heavy atom. The SMILES string of the molecule is CC(C)C[C@@H]1NC(=O)[C@H](CC(C)C)N(C)C(=O)CN(C)C(=O)[C@H]([C@@H](C)O)NC(=O)[C@H]([C@H](O)[C@H](C)CCN(C)Cc2ccccn2)N(C)C(=O)[C@H](C(C)C)N(C)C(=O)[C@@H](CC(C)C)NC(=O)[C@H](CC(C)C)N(C)C(=O)[C@@H](C(C)C)OC(=O)[C@H](C)NC(=O)[C@H](CC(C)C)N(C)C1=O. The smallest absolute Gasteiger partial charge is 0.329 e. The van der Waals surface area contributed by atoms with Gasteiger partial charge < -0.3 is 70.5 Å². The fraction of sp³-hybridized carbons (Fsp3) is 0.768. The molecule has 1 aliphatic rings. The highest BCUT2D eigenvalue weighted by Crippen LogP contribution is 2.25. The Labute approximate surface area is 566 Å². The van der Waals surface area contributed by atoms with E-state index in [1.54, 1.807) is 46.9 Å². The van der Waals surface area contributed by atoms with E-state index in [1.165, 1.54) is 70.8 Å². The number of cyclic esters (lactones) is 1. The number of nitrogens with zero attached hydrogens (tertiary/aromatic N) is 8. The third kappa shape index (κ3) is 25.3. The molecule has 1 aromatic rings. The Morgan fingerprint density at radius 3 is 1.40 bits per heavy atom. The van der Waals surface area contributed by atoms with E-state index < -0.39 is 162 Å². The number of hydrogen-bond acceptors (Lipinski definition) is 16. The second-order valence-electron chi connectivity index (χ2n) is 29.3. The molecule has 2 rings (SSSR count). The number of aliphatic hydroxyl groups excluding tert-OH is 2. The zero-order valence-electron chi connectivity index (χ0n) is 61.6. The number of aliphatic hydroxyl groups is 2. The maximum atomic E-state index is 15.4. The zero-order chi connectivity index (χ0) is 73.0. The molecule has 0 aromatic carbocycles. The van der Waals surface area contributed by atoms with Crippen molar-refractivity contribution in [3.05, 3.63) is 30.1 Å². The number of aromatic nitrogens is 1. The molecule has 6 N–H and O–H groups in total. The minimum Gasteiger partial charge on any atom is -0.450 e. The quantitative estimate of drug-likeness (QED) is 0.102. The van der Waals surface area contributed by atoms with Crippen molar-refractivity contribution < 1.29 is 67.7 Å². The molecule has 2 heterocycles. The second-order valence-corrected chi connectivity index (χ2v) is 29.3. The summed E-state index contributed by atoms with van der Waals surface area (Å²) in [6.07, 6.45) is -2.28. The summed E-state index contributed by atoms with van der Waals surface area (Å²) in [4.78, 5) is 175. The lowest BCUT2D eigenvalue weighted by Crippen LogP contribution is -2.64. The van der Waals surface area contributed by atoms with Crippen LogP contribution in [0.25, 0.3) is 0 Å². The lowest BCUT2D eigenvalue weighted by Gasteiger charge is -2.40. The lowest BCUT2D eigenvalue weighted by atomic mass is 9.91. The van der Waals surface area contributed by atoms with Crippen LogP contribution >= 0.6 is 0 Å². The number of ether oxygens (including phenoxy) is 1. The van der Waals surface area contributed by atoms with Crippen LogP contribution in [0.4, 0.5) is 0 Å². The van der Waals surface area contributed by atoms with Crippen LogP contribution in [0.2, 0.25) is 0 Å². The molecule has 0 aliphatic carbocycles. The van der Waals surface area contributed by atoms with Crippen molar-refractivity contribution in [2.45, 2.75) is 235 Å². The van der Waals surface area contributed by atoms with E-state index in [9.17, 15) is 48.6 Å². The van der Waals surface area contributed by atoms with Crippen molar-refractivity contribution >= 4 is 65.0 Å². The molecule has 0 saturated carbocycles. The Bertz CT molecular complexity index is 2710. The zero-order valence-corrected chi connectivity index (χ0v) is 61.6. The van der Waals surface area contributed by atoms with Crippen molar-refractivity contribution in [1.82, 2.24) is 60.6 Å². The normalized spacial score (nSPS) is 25.6. The second kappa shape index (κ2) is 38.8. The van der Waals surface area contributed by atoms with Gasteiger partial charge in [-0.05, 0) is 125 Å². The topological polar surface area (TPSA) is 321 Å². The summed E-state index contributed by atoms with van der Waals surface area (Å²) in [5.74, 6) is -11.7. The van der Waals surface area contributed by atoms with Gasteiger partial charge in [0.2, 0.25) is 53.2 Å². The molecule has 10 amide bonds. The molecule has 1 aromatic heterocycles. The maximum absolute atomic E-state index is 15.4. The van der Waals surface area contributed by atoms with Gasteiger partial charge in [-0.1, -0.05) is 110 Å². The van der Waals surface area contributed by atoms with Crippen LogP contribution in [-0.2, 0) is 64.0 Å².